The van der Waals surface area contributed by atoms with E-state index in [9.17, 15) is 9.59 Å². The van der Waals surface area contributed by atoms with Crippen molar-refractivity contribution >= 4 is 30.4 Å². The molecule has 8 nitrogen and oxygen atoms in total. The number of hydrogen-bond donors (Lipinski definition) is 4. The molecule has 9 heteroatoms. The third-order valence-corrected chi connectivity index (χ3v) is 5.60. The van der Waals surface area contributed by atoms with E-state index >= 15 is 0 Å². The maximum absolute atomic E-state index is 12.9. The summed E-state index contributed by atoms with van der Waals surface area (Å²) in [7, 11) is 0. The minimum Gasteiger partial charge on any atom is -0.444 e. The van der Waals surface area contributed by atoms with Gasteiger partial charge in [-0.25, -0.2) is 4.79 Å². The number of nitrogens with zero attached hydrogens (tertiary/aromatic N) is 1. The van der Waals surface area contributed by atoms with Crippen LogP contribution in [0.15, 0.2) is 0 Å². The first-order chi connectivity index (χ1) is 13.2. The second-order valence-electron chi connectivity index (χ2n) is 9.08. The highest BCUT2D eigenvalue weighted by Crippen LogP contribution is 2.27. The van der Waals surface area contributed by atoms with Gasteiger partial charge in [-0.1, -0.05) is 19.3 Å². The zero-order valence-electron chi connectivity index (χ0n) is 18.0. The van der Waals surface area contributed by atoms with Crippen LogP contribution in [0.5, 0.6) is 0 Å². The highest BCUT2D eigenvalue weighted by atomic mass is 35.5. The Kier molecular flexibility index (Phi) is 10.0. The molecule has 2 fully saturated rings. The number of alkyl carbamates (subject to hydrolysis) is 1. The molecule has 5 N–H and O–H groups in total. The van der Waals surface area contributed by atoms with Gasteiger partial charge in [0.05, 0.1) is 0 Å². The molecule has 2 aliphatic rings. The van der Waals surface area contributed by atoms with Crippen molar-refractivity contribution in [1.29, 1.82) is 5.41 Å². The Bertz CT molecular complexity index is 553. The van der Waals surface area contributed by atoms with Gasteiger partial charge in [0.25, 0.3) is 0 Å². The molecule has 2 amide bonds. The maximum Gasteiger partial charge on any atom is 0.408 e. The van der Waals surface area contributed by atoms with Crippen LogP contribution in [0.1, 0.15) is 65.7 Å². The van der Waals surface area contributed by atoms with Gasteiger partial charge >= 0.3 is 6.09 Å². The van der Waals surface area contributed by atoms with Crippen molar-refractivity contribution in [3.05, 3.63) is 0 Å². The molecular formula is C20H38ClN5O3. The fourth-order valence-corrected chi connectivity index (χ4v) is 4.03. The molecule has 29 heavy (non-hydrogen) atoms. The van der Waals surface area contributed by atoms with Crippen molar-refractivity contribution < 1.29 is 14.3 Å². The molecule has 0 aromatic heterocycles. The summed E-state index contributed by atoms with van der Waals surface area (Å²) >= 11 is 0. The number of halogens is 1. The molecule has 2 rings (SSSR count). The zero-order chi connectivity index (χ0) is 20.7. The van der Waals surface area contributed by atoms with Crippen molar-refractivity contribution in [3.63, 3.8) is 0 Å². The lowest BCUT2D eigenvalue weighted by atomic mass is 9.83. The lowest BCUT2D eigenvalue weighted by Crippen LogP contribution is -2.53. The molecule has 1 saturated heterocycles. The first-order valence-electron chi connectivity index (χ1n) is 10.5. The molecule has 1 aliphatic heterocycles. The van der Waals surface area contributed by atoms with E-state index in [2.05, 4.69) is 10.6 Å². The fraction of sp³-hybridized carbons (Fsp3) is 0.850. The number of guanidine groups is 1. The van der Waals surface area contributed by atoms with E-state index in [1.807, 2.05) is 25.7 Å². The number of likely N-dealkylation sites (tertiary alicyclic amines) is 1. The van der Waals surface area contributed by atoms with Gasteiger partial charge in [0, 0.05) is 19.6 Å². The topological polar surface area (TPSA) is 121 Å². The second-order valence-corrected chi connectivity index (χ2v) is 9.08. The van der Waals surface area contributed by atoms with Crippen LogP contribution in [-0.4, -0.2) is 54.1 Å². The van der Waals surface area contributed by atoms with Gasteiger partial charge in [-0.2, -0.15) is 0 Å². The first kappa shape index (κ1) is 25.3. The fourth-order valence-electron chi connectivity index (χ4n) is 4.03. The minimum absolute atomic E-state index is 0. The van der Waals surface area contributed by atoms with Gasteiger partial charge in [-0.05, 0) is 58.3 Å². The number of hydrogen-bond acceptors (Lipinski definition) is 4. The predicted molar refractivity (Wildman–Crippen MR) is 116 cm³/mol. The normalized spacial score (nSPS) is 19.6. The van der Waals surface area contributed by atoms with Gasteiger partial charge in [0.2, 0.25) is 5.91 Å². The summed E-state index contributed by atoms with van der Waals surface area (Å²) in [6.07, 6.45) is 6.53. The summed E-state index contributed by atoms with van der Waals surface area (Å²) in [5, 5.41) is 13.4. The highest BCUT2D eigenvalue weighted by Gasteiger charge is 2.33. The zero-order valence-corrected chi connectivity index (χ0v) is 18.8. The number of nitrogens with one attached hydrogen (secondary N) is 3. The number of amides is 2. The Morgan fingerprint density at radius 3 is 2.24 bits per heavy atom. The molecule has 0 spiro atoms. The van der Waals surface area contributed by atoms with E-state index in [1.54, 1.807) is 0 Å². The van der Waals surface area contributed by atoms with Gasteiger partial charge in [-0.15, -0.1) is 12.4 Å². The van der Waals surface area contributed by atoms with Crippen LogP contribution in [0.2, 0.25) is 0 Å². The van der Waals surface area contributed by atoms with Crippen molar-refractivity contribution in [3.8, 4) is 0 Å². The maximum atomic E-state index is 12.9. The third-order valence-electron chi connectivity index (χ3n) is 5.60. The highest BCUT2D eigenvalue weighted by molar-refractivity contribution is 5.86. The average Bonchev–Trinajstić information content (AvgIpc) is 2.64. The quantitative estimate of drug-likeness (QED) is 0.394. The van der Waals surface area contributed by atoms with Gasteiger partial charge < -0.3 is 26.0 Å². The lowest BCUT2D eigenvalue weighted by Gasteiger charge is -2.33. The third kappa shape index (κ3) is 8.68. The Balaban J connectivity index is 0.00000420. The lowest BCUT2D eigenvalue weighted by molar-refractivity contribution is -0.125. The molecule has 168 valence electrons. The number of carbonyl (C=O) groups excluding carboxylic acids is 2. The Morgan fingerprint density at radius 1 is 1.14 bits per heavy atom. The van der Waals surface area contributed by atoms with Crippen LogP contribution in [0, 0.1) is 17.2 Å². The number of ether oxygens (including phenoxy) is 1. The Morgan fingerprint density at radius 2 is 1.72 bits per heavy atom. The number of rotatable bonds is 5. The van der Waals surface area contributed by atoms with Crippen LogP contribution in [0.25, 0.3) is 0 Å². The van der Waals surface area contributed by atoms with E-state index in [-0.39, 0.29) is 30.2 Å². The molecular weight excluding hydrogens is 394 g/mol. The summed E-state index contributed by atoms with van der Waals surface area (Å²) in [6, 6.07) is -0.549. The van der Waals surface area contributed by atoms with Crippen LogP contribution >= 0.6 is 12.4 Å². The van der Waals surface area contributed by atoms with E-state index in [4.69, 9.17) is 15.9 Å². The van der Waals surface area contributed by atoms with E-state index in [1.165, 1.54) is 6.42 Å². The smallest absolute Gasteiger partial charge is 0.408 e. The Labute approximate surface area is 180 Å². The Hall–Kier alpha value is -1.70. The van der Waals surface area contributed by atoms with E-state index in [0.29, 0.717) is 12.5 Å². The van der Waals surface area contributed by atoms with Crippen LogP contribution in [0.4, 0.5) is 4.79 Å². The van der Waals surface area contributed by atoms with Gasteiger partial charge in [-0.3, -0.25) is 10.2 Å². The second kappa shape index (κ2) is 11.5. The molecule has 0 aromatic rings. The van der Waals surface area contributed by atoms with Crippen molar-refractivity contribution in [2.75, 3.05) is 19.6 Å². The minimum atomic E-state index is -0.595. The monoisotopic (exact) mass is 431 g/mol. The summed E-state index contributed by atoms with van der Waals surface area (Å²) < 4.78 is 5.37. The van der Waals surface area contributed by atoms with E-state index < -0.39 is 17.7 Å². The summed E-state index contributed by atoms with van der Waals surface area (Å²) in [5.74, 6) is 0.516. The van der Waals surface area contributed by atoms with Crippen LogP contribution in [0.3, 0.4) is 0 Å². The first-order valence-corrected chi connectivity index (χ1v) is 10.5. The van der Waals surface area contributed by atoms with Crippen molar-refractivity contribution in [1.82, 2.24) is 15.5 Å². The summed E-state index contributed by atoms with van der Waals surface area (Å²) in [5.41, 5.74) is 4.94. The molecule has 0 bridgehead atoms. The molecule has 1 heterocycles. The van der Waals surface area contributed by atoms with Crippen molar-refractivity contribution in [2.45, 2.75) is 77.4 Å². The molecule has 1 atom stereocenters. The molecule has 0 aromatic carbocycles. The SMILES string of the molecule is CC(C)(C)OC(=O)N[C@H](C(=O)NCC1CCN(C(=N)N)CC1)C1CCCCC1.Cl. The molecule has 0 unspecified atom stereocenters. The largest absolute Gasteiger partial charge is 0.444 e. The number of nitrogens with two attached hydrogens (primary N) is 1. The standard InChI is InChI=1S/C20H37N5O3.ClH/c1-20(2,3)28-19(27)24-16(15-7-5-4-6-8-15)17(26)23-13-14-9-11-25(12-10-14)18(21)22;/h14-16H,4-13H2,1-3H3,(H3,21,22)(H,23,26)(H,24,27);1H/t16-;/m0./s1. The number of piperidine rings is 1. The van der Waals surface area contributed by atoms with E-state index in [0.717, 1.165) is 51.6 Å². The number of carbonyl (C=O) groups is 2. The molecule has 0 radical (unpaired) electrons. The molecule has 1 saturated carbocycles. The van der Waals surface area contributed by atoms with Gasteiger partial charge in [0.15, 0.2) is 5.96 Å². The van der Waals surface area contributed by atoms with Crippen LogP contribution < -0.4 is 16.4 Å². The predicted octanol–water partition coefficient (Wildman–Crippen LogP) is 2.60. The summed E-state index contributed by atoms with van der Waals surface area (Å²) in [6.45, 7) is 7.53. The summed E-state index contributed by atoms with van der Waals surface area (Å²) in [4.78, 5) is 27.0. The van der Waals surface area contributed by atoms with Crippen molar-refractivity contribution in [2.24, 2.45) is 17.6 Å². The van der Waals surface area contributed by atoms with Gasteiger partial charge in [0.1, 0.15) is 11.6 Å². The van der Waals surface area contributed by atoms with Crippen LogP contribution in [-0.2, 0) is 9.53 Å². The molecule has 1 aliphatic carbocycles. The average molecular weight is 432 g/mol.